The molecule has 1 aliphatic heterocycles. The maximum atomic E-state index is 5.35. The van der Waals surface area contributed by atoms with Crippen molar-refractivity contribution >= 4 is 10.9 Å². The summed E-state index contributed by atoms with van der Waals surface area (Å²) in [6.45, 7) is 3.22. The van der Waals surface area contributed by atoms with Crippen LogP contribution >= 0.6 is 0 Å². The third-order valence-electron chi connectivity index (χ3n) is 3.46. The van der Waals surface area contributed by atoms with Crippen molar-refractivity contribution in [3.8, 4) is 5.75 Å². The molecular formula is C13H17N3O. The van der Waals surface area contributed by atoms with Gasteiger partial charge in [-0.3, -0.25) is 4.68 Å². The number of methoxy groups -OCH3 is 1. The van der Waals surface area contributed by atoms with Crippen LogP contribution in [0.15, 0.2) is 24.4 Å². The van der Waals surface area contributed by atoms with Gasteiger partial charge in [0.2, 0.25) is 0 Å². The molecule has 17 heavy (non-hydrogen) atoms. The normalized spacial score (nSPS) is 19.9. The van der Waals surface area contributed by atoms with Crippen LogP contribution in [-0.4, -0.2) is 30.0 Å². The SMILES string of the molecule is COc1cccc2c1cnn2CC1CCNC1. The van der Waals surface area contributed by atoms with Gasteiger partial charge < -0.3 is 10.1 Å². The standard InChI is InChI=1S/C13H17N3O/c1-17-13-4-2-3-12-11(13)8-15-16(12)9-10-5-6-14-7-10/h2-4,8,10,14H,5-7,9H2,1H3. The second-order valence-electron chi connectivity index (χ2n) is 4.58. The van der Waals surface area contributed by atoms with E-state index in [1.807, 2.05) is 18.3 Å². The van der Waals surface area contributed by atoms with E-state index in [1.165, 1.54) is 6.42 Å². The summed E-state index contributed by atoms with van der Waals surface area (Å²) in [4.78, 5) is 0. The van der Waals surface area contributed by atoms with Gasteiger partial charge in [0.1, 0.15) is 5.75 Å². The van der Waals surface area contributed by atoms with Crippen LogP contribution in [0.3, 0.4) is 0 Å². The van der Waals surface area contributed by atoms with Gasteiger partial charge in [-0.2, -0.15) is 5.10 Å². The fourth-order valence-electron chi connectivity index (χ4n) is 2.52. The zero-order valence-electron chi connectivity index (χ0n) is 10.0. The Morgan fingerprint density at radius 3 is 3.24 bits per heavy atom. The minimum atomic E-state index is 0.698. The lowest BCUT2D eigenvalue weighted by Gasteiger charge is -2.09. The molecule has 0 amide bonds. The smallest absolute Gasteiger partial charge is 0.129 e. The van der Waals surface area contributed by atoms with E-state index in [2.05, 4.69) is 21.2 Å². The number of rotatable bonds is 3. The highest BCUT2D eigenvalue weighted by molar-refractivity contribution is 5.85. The molecule has 1 aromatic carbocycles. The zero-order valence-corrected chi connectivity index (χ0v) is 10.0. The first kappa shape index (κ1) is 10.6. The number of hydrogen-bond donors (Lipinski definition) is 1. The average molecular weight is 231 g/mol. The van der Waals surface area contributed by atoms with Crippen LogP contribution in [0.2, 0.25) is 0 Å². The Morgan fingerprint density at radius 1 is 1.53 bits per heavy atom. The molecule has 1 N–H and O–H groups in total. The van der Waals surface area contributed by atoms with E-state index in [1.54, 1.807) is 7.11 Å². The largest absolute Gasteiger partial charge is 0.496 e. The van der Waals surface area contributed by atoms with E-state index in [0.29, 0.717) is 5.92 Å². The third-order valence-corrected chi connectivity index (χ3v) is 3.46. The highest BCUT2D eigenvalue weighted by Crippen LogP contribution is 2.25. The third kappa shape index (κ3) is 1.89. The number of nitrogens with zero attached hydrogens (tertiary/aromatic N) is 2. The first-order valence-electron chi connectivity index (χ1n) is 6.07. The van der Waals surface area contributed by atoms with Crippen LogP contribution in [0.1, 0.15) is 6.42 Å². The van der Waals surface area contributed by atoms with Gasteiger partial charge in [-0.05, 0) is 37.6 Å². The van der Waals surface area contributed by atoms with Crippen molar-refractivity contribution in [3.63, 3.8) is 0 Å². The molecule has 90 valence electrons. The highest BCUT2D eigenvalue weighted by atomic mass is 16.5. The topological polar surface area (TPSA) is 39.1 Å². The molecule has 1 fully saturated rings. The van der Waals surface area contributed by atoms with Gasteiger partial charge in [0, 0.05) is 6.54 Å². The van der Waals surface area contributed by atoms with Crippen LogP contribution in [-0.2, 0) is 6.54 Å². The second-order valence-corrected chi connectivity index (χ2v) is 4.58. The van der Waals surface area contributed by atoms with Crippen molar-refractivity contribution in [2.24, 2.45) is 5.92 Å². The Balaban J connectivity index is 1.94. The lowest BCUT2D eigenvalue weighted by Crippen LogP contribution is -2.15. The molecule has 0 bridgehead atoms. The van der Waals surface area contributed by atoms with Gasteiger partial charge in [-0.25, -0.2) is 0 Å². The molecule has 4 nitrogen and oxygen atoms in total. The molecule has 1 aromatic heterocycles. The quantitative estimate of drug-likeness (QED) is 0.873. The molecule has 2 heterocycles. The van der Waals surface area contributed by atoms with E-state index in [4.69, 9.17) is 4.74 Å². The van der Waals surface area contributed by atoms with Crippen molar-refractivity contribution in [2.75, 3.05) is 20.2 Å². The van der Waals surface area contributed by atoms with Crippen molar-refractivity contribution in [3.05, 3.63) is 24.4 Å². The van der Waals surface area contributed by atoms with Gasteiger partial charge in [0.05, 0.1) is 24.2 Å². The van der Waals surface area contributed by atoms with E-state index >= 15 is 0 Å². The first-order valence-corrected chi connectivity index (χ1v) is 6.07. The predicted molar refractivity (Wildman–Crippen MR) is 67.3 cm³/mol. The van der Waals surface area contributed by atoms with Gasteiger partial charge in [0.25, 0.3) is 0 Å². The summed E-state index contributed by atoms with van der Waals surface area (Å²) in [5.74, 6) is 1.60. The summed E-state index contributed by atoms with van der Waals surface area (Å²) in [6, 6.07) is 6.10. The number of aromatic nitrogens is 2. The van der Waals surface area contributed by atoms with Crippen LogP contribution < -0.4 is 10.1 Å². The monoisotopic (exact) mass is 231 g/mol. The van der Waals surface area contributed by atoms with E-state index in [-0.39, 0.29) is 0 Å². The van der Waals surface area contributed by atoms with Crippen molar-refractivity contribution < 1.29 is 4.74 Å². The summed E-state index contributed by atoms with van der Waals surface area (Å²) in [7, 11) is 1.70. The molecule has 1 aliphatic rings. The molecule has 1 unspecified atom stereocenters. The summed E-state index contributed by atoms with van der Waals surface area (Å²) in [6.07, 6.45) is 3.14. The number of nitrogens with one attached hydrogen (secondary N) is 1. The summed E-state index contributed by atoms with van der Waals surface area (Å²) < 4.78 is 7.44. The minimum Gasteiger partial charge on any atom is -0.496 e. The lowest BCUT2D eigenvalue weighted by molar-refractivity contribution is 0.419. The fraction of sp³-hybridized carbons (Fsp3) is 0.462. The fourth-order valence-corrected chi connectivity index (χ4v) is 2.52. The number of ether oxygens (including phenoxy) is 1. The van der Waals surface area contributed by atoms with Crippen molar-refractivity contribution in [2.45, 2.75) is 13.0 Å². The molecule has 0 aliphatic carbocycles. The Bertz CT molecular complexity index is 514. The van der Waals surface area contributed by atoms with E-state index in [9.17, 15) is 0 Å². The molecule has 0 radical (unpaired) electrons. The van der Waals surface area contributed by atoms with E-state index < -0.39 is 0 Å². The van der Waals surface area contributed by atoms with Crippen LogP contribution in [0.4, 0.5) is 0 Å². The Kier molecular flexibility index (Phi) is 2.73. The van der Waals surface area contributed by atoms with Crippen LogP contribution in [0.5, 0.6) is 5.75 Å². The van der Waals surface area contributed by atoms with Gasteiger partial charge in [-0.1, -0.05) is 6.07 Å². The van der Waals surface area contributed by atoms with E-state index in [0.717, 1.165) is 36.3 Å². The maximum absolute atomic E-state index is 5.35. The van der Waals surface area contributed by atoms with Gasteiger partial charge in [0.15, 0.2) is 0 Å². The molecule has 0 saturated carbocycles. The molecule has 1 atom stereocenters. The molecule has 1 saturated heterocycles. The number of hydrogen-bond acceptors (Lipinski definition) is 3. The second kappa shape index (κ2) is 4.37. The van der Waals surface area contributed by atoms with Gasteiger partial charge >= 0.3 is 0 Å². The molecule has 2 aromatic rings. The summed E-state index contributed by atoms with van der Waals surface area (Å²) in [5, 5.41) is 8.96. The highest BCUT2D eigenvalue weighted by Gasteiger charge is 2.16. The molecule has 4 heteroatoms. The minimum absolute atomic E-state index is 0.698. The number of benzene rings is 1. The van der Waals surface area contributed by atoms with Crippen molar-refractivity contribution in [1.29, 1.82) is 0 Å². The maximum Gasteiger partial charge on any atom is 0.129 e. The molecule has 3 rings (SSSR count). The summed E-state index contributed by atoms with van der Waals surface area (Å²) in [5.41, 5.74) is 1.16. The Hall–Kier alpha value is -1.55. The van der Waals surface area contributed by atoms with Crippen LogP contribution in [0, 0.1) is 5.92 Å². The molecule has 0 spiro atoms. The molecular weight excluding hydrogens is 214 g/mol. The zero-order chi connectivity index (χ0) is 11.7. The van der Waals surface area contributed by atoms with Gasteiger partial charge in [-0.15, -0.1) is 0 Å². The number of fused-ring (bicyclic) bond motifs is 1. The predicted octanol–water partition coefficient (Wildman–Crippen LogP) is 1.65. The summed E-state index contributed by atoms with van der Waals surface area (Å²) >= 11 is 0. The first-order chi connectivity index (χ1) is 8.38. The Labute approximate surface area is 101 Å². The Morgan fingerprint density at radius 2 is 2.47 bits per heavy atom. The lowest BCUT2D eigenvalue weighted by atomic mass is 10.1. The van der Waals surface area contributed by atoms with Crippen molar-refractivity contribution in [1.82, 2.24) is 15.1 Å². The average Bonchev–Trinajstić information content (AvgIpc) is 2.99. The van der Waals surface area contributed by atoms with Crippen LogP contribution in [0.25, 0.3) is 10.9 Å².